The van der Waals surface area contributed by atoms with Crippen molar-refractivity contribution < 1.29 is 27.1 Å². The minimum absolute atomic E-state index is 0.0807. The Balaban J connectivity index is 1.88. The lowest BCUT2D eigenvalue weighted by Gasteiger charge is -2.19. The number of nitrogens with one attached hydrogen (secondary N) is 2. The van der Waals surface area contributed by atoms with E-state index >= 15 is 0 Å². The van der Waals surface area contributed by atoms with Gasteiger partial charge in [-0.1, -0.05) is 30.3 Å². The summed E-state index contributed by atoms with van der Waals surface area (Å²) in [6.45, 7) is 0. The van der Waals surface area contributed by atoms with E-state index in [0.717, 1.165) is 5.56 Å². The molecule has 0 aliphatic rings. The number of carbonyl (C=O) groups is 1. The summed E-state index contributed by atoms with van der Waals surface area (Å²) in [6.07, 6.45) is 0.111. The Hall–Kier alpha value is -3.43. The summed E-state index contributed by atoms with van der Waals surface area (Å²) < 4.78 is 52.1. The second-order valence-electron chi connectivity index (χ2n) is 6.88. The van der Waals surface area contributed by atoms with Crippen LogP contribution in [0.25, 0.3) is 0 Å². The Labute approximate surface area is 186 Å². The van der Waals surface area contributed by atoms with Gasteiger partial charge in [0.25, 0.3) is 0 Å². The molecule has 9 heteroatoms. The van der Waals surface area contributed by atoms with Gasteiger partial charge in [-0.15, -0.1) is 0 Å². The molecule has 3 aromatic rings. The molecule has 168 valence electrons. The first-order chi connectivity index (χ1) is 15.3. The molecular weight excluding hydrogens is 435 g/mol. The fraction of sp³-hybridized carbons (Fsp3) is 0.174. The van der Waals surface area contributed by atoms with Crippen LogP contribution in [0.5, 0.6) is 11.5 Å². The van der Waals surface area contributed by atoms with Gasteiger partial charge in [-0.3, -0.25) is 4.79 Å². The Morgan fingerprint density at radius 2 is 1.59 bits per heavy atom. The fourth-order valence-electron chi connectivity index (χ4n) is 3.04. The number of ether oxygens (including phenoxy) is 2. The first kappa shape index (κ1) is 23.2. The quantitative estimate of drug-likeness (QED) is 0.513. The van der Waals surface area contributed by atoms with Crippen molar-refractivity contribution in [3.8, 4) is 11.5 Å². The Morgan fingerprint density at radius 3 is 2.22 bits per heavy atom. The Morgan fingerprint density at radius 1 is 0.938 bits per heavy atom. The van der Waals surface area contributed by atoms with Crippen molar-refractivity contribution in [2.24, 2.45) is 0 Å². The van der Waals surface area contributed by atoms with Crippen LogP contribution in [0.1, 0.15) is 5.56 Å². The van der Waals surface area contributed by atoms with E-state index in [0.29, 0.717) is 11.4 Å². The standard InChI is InChI=1S/C23H23FN2O5S/c1-30-21-13-12-19(15-22(21)31-2)32(28,29)26-20(14-16-6-4-3-5-7-16)23(27)25-18-10-8-17(24)9-11-18/h3-13,15,20,26H,14H2,1-2H3,(H,25,27). The van der Waals surface area contributed by atoms with Crippen molar-refractivity contribution in [2.75, 3.05) is 19.5 Å². The summed E-state index contributed by atoms with van der Waals surface area (Å²) in [5.41, 5.74) is 1.11. The van der Waals surface area contributed by atoms with Crippen LogP contribution in [0.4, 0.5) is 10.1 Å². The number of hydrogen-bond acceptors (Lipinski definition) is 5. The van der Waals surface area contributed by atoms with Gasteiger partial charge >= 0.3 is 0 Å². The first-order valence-electron chi connectivity index (χ1n) is 9.67. The SMILES string of the molecule is COc1ccc(S(=O)(=O)NC(Cc2ccccc2)C(=O)Nc2ccc(F)cc2)cc1OC. The van der Waals surface area contributed by atoms with Crippen LogP contribution >= 0.6 is 0 Å². The third-order valence-corrected chi connectivity index (χ3v) is 6.14. The average Bonchev–Trinajstić information content (AvgIpc) is 2.80. The zero-order valence-electron chi connectivity index (χ0n) is 17.5. The molecular formula is C23H23FN2O5S. The number of amides is 1. The predicted octanol–water partition coefficient (Wildman–Crippen LogP) is 3.37. The molecule has 3 aromatic carbocycles. The van der Waals surface area contributed by atoms with Crippen LogP contribution in [0, 0.1) is 5.82 Å². The highest BCUT2D eigenvalue weighted by atomic mass is 32.2. The third-order valence-electron chi connectivity index (χ3n) is 4.67. The molecule has 0 saturated carbocycles. The molecule has 0 aliphatic heterocycles. The number of hydrogen-bond donors (Lipinski definition) is 2. The number of rotatable bonds is 9. The minimum Gasteiger partial charge on any atom is -0.493 e. The number of sulfonamides is 1. The van der Waals surface area contributed by atoms with Gasteiger partial charge in [0.1, 0.15) is 11.9 Å². The highest BCUT2D eigenvalue weighted by Crippen LogP contribution is 2.29. The van der Waals surface area contributed by atoms with Crippen molar-refractivity contribution in [1.82, 2.24) is 4.72 Å². The van der Waals surface area contributed by atoms with Crippen molar-refractivity contribution in [3.05, 3.63) is 84.2 Å². The summed E-state index contributed by atoms with van der Waals surface area (Å²) in [6, 6.07) is 17.2. The van der Waals surface area contributed by atoms with E-state index in [9.17, 15) is 17.6 Å². The lowest BCUT2D eigenvalue weighted by Crippen LogP contribution is -2.45. The fourth-order valence-corrected chi connectivity index (χ4v) is 4.25. The summed E-state index contributed by atoms with van der Waals surface area (Å²) in [5.74, 6) is -0.408. The van der Waals surface area contributed by atoms with Gasteiger partial charge in [-0.25, -0.2) is 12.8 Å². The van der Waals surface area contributed by atoms with E-state index in [4.69, 9.17) is 9.47 Å². The van der Waals surface area contributed by atoms with E-state index in [1.165, 1.54) is 56.7 Å². The molecule has 1 unspecified atom stereocenters. The number of methoxy groups -OCH3 is 2. The monoisotopic (exact) mass is 458 g/mol. The Bertz CT molecular complexity index is 1170. The van der Waals surface area contributed by atoms with Gasteiger partial charge in [0.05, 0.1) is 19.1 Å². The van der Waals surface area contributed by atoms with Crippen LogP contribution in [-0.4, -0.2) is 34.6 Å². The van der Waals surface area contributed by atoms with Gasteiger partial charge in [0.15, 0.2) is 11.5 Å². The third kappa shape index (κ3) is 5.83. The van der Waals surface area contributed by atoms with Crippen molar-refractivity contribution in [3.63, 3.8) is 0 Å². The van der Waals surface area contributed by atoms with Crippen LogP contribution in [0.3, 0.4) is 0 Å². The predicted molar refractivity (Wildman–Crippen MR) is 119 cm³/mol. The maximum absolute atomic E-state index is 13.2. The van der Waals surface area contributed by atoms with Crippen molar-refractivity contribution in [1.29, 1.82) is 0 Å². The van der Waals surface area contributed by atoms with Crippen molar-refractivity contribution in [2.45, 2.75) is 17.4 Å². The second kappa shape index (κ2) is 10.3. The highest BCUT2D eigenvalue weighted by molar-refractivity contribution is 7.89. The summed E-state index contributed by atoms with van der Waals surface area (Å²) >= 11 is 0. The second-order valence-corrected chi connectivity index (χ2v) is 8.59. The van der Waals surface area contributed by atoms with E-state index in [1.807, 2.05) is 6.07 Å². The molecule has 0 radical (unpaired) electrons. The molecule has 32 heavy (non-hydrogen) atoms. The molecule has 0 aliphatic carbocycles. The van der Waals surface area contributed by atoms with Gasteiger partial charge < -0.3 is 14.8 Å². The number of halogens is 1. The molecule has 3 rings (SSSR count). The van der Waals surface area contributed by atoms with Crippen LogP contribution in [0.15, 0.2) is 77.7 Å². The zero-order valence-corrected chi connectivity index (χ0v) is 18.4. The van der Waals surface area contributed by atoms with Gasteiger partial charge in [-0.05, 0) is 48.4 Å². The number of benzene rings is 3. The molecule has 0 bridgehead atoms. The summed E-state index contributed by atoms with van der Waals surface area (Å²) in [5, 5.41) is 2.63. The molecule has 1 atom stereocenters. The molecule has 1 amide bonds. The topological polar surface area (TPSA) is 93.7 Å². The molecule has 0 heterocycles. The average molecular weight is 459 g/mol. The molecule has 0 spiro atoms. The van der Waals surface area contributed by atoms with Crippen LogP contribution in [0.2, 0.25) is 0 Å². The minimum atomic E-state index is -4.09. The highest BCUT2D eigenvalue weighted by Gasteiger charge is 2.27. The molecule has 0 fully saturated rings. The van der Waals surface area contributed by atoms with Gasteiger partial charge in [0.2, 0.25) is 15.9 Å². The summed E-state index contributed by atoms with van der Waals surface area (Å²) in [7, 11) is -1.24. The Kier molecular flexibility index (Phi) is 7.45. The van der Waals surface area contributed by atoms with Crippen molar-refractivity contribution >= 4 is 21.6 Å². The van der Waals surface area contributed by atoms with Crippen LogP contribution in [-0.2, 0) is 21.2 Å². The van der Waals surface area contributed by atoms with E-state index in [2.05, 4.69) is 10.0 Å². The largest absolute Gasteiger partial charge is 0.493 e. The smallest absolute Gasteiger partial charge is 0.242 e. The van der Waals surface area contributed by atoms with E-state index in [-0.39, 0.29) is 17.1 Å². The normalized spacial score (nSPS) is 12.1. The molecule has 2 N–H and O–H groups in total. The summed E-state index contributed by atoms with van der Waals surface area (Å²) in [4.78, 5) is 12.9. The van der Waals surface area contributed by atoms with E-state index in [1.54, 1.807) is 24.3 Å². The first-order valence-corrected chi connectivity index (χ1v) is 11.2. The molecule has 0 saturated heterocycles. The van der Waals surface area contributed by atoms with Crippen LogP contribution < -0.4 is 19.5 Å². The lowest BCUT2D eigenvalue weighted by molar-refractivity contribution is -0.117. The maximum atomic E-state index is 13.2. The van der Waals surface area contributed by atoms with E-state index < -0.39 is 27.8 Å². The zero-order chi connectivity index (χ0) is 23.1. The maximum Gasteiger partial charge on any atom is 0.242 e. The lowest BCUT2D eigenvalue weighted by atomic mass is 10.1. The molecule has 7 nitrogen and oxygen atoms in total. The number of carbonyl (C=O) groups excluding carboxylic acids is 1. The number of anilines is 1. The van der Waals surface area contributed by atoms with Gasteiger partial charge in [-0.2, -0.15) is 4.72 Å². The molecule has 0 aromatic heterocycles. The van der Waals surface area contributed by atoms with Gasteiger partial charge in [0, 0.05) is 11.8 Å².